The van der Waals surface area contributed by atoms with Crippen molar-refractivity contribution in [1.29, 1.82) is 5.26 Å². The van der Waals surface area contributed by atoms with E-state index in [9.17, 15) is 4.79 Å². The van der Waals surface area contributed by atoms with Crippen molar-refractivity contribution in [1.82, 2.24) is 0 Å². The standard InChI is InChI=1S/C10H9NOS/c11-6-2-4-8-3-1-5-10(13)9(8)7-12/h1,3,5,7,13H,2,4H2. The van der Waals surface area contributed by atoms with E-state index < -0.39 is 0 Å². The van der Waals surface area contributed by atoms with Crippen LogP contribution in [0.4, 0.5) is 0 Å². The summed E-state index contributed by atoms with van der Waals surface area (Å²) in [4.78, 5) is 11.4. The number of aryl methyl sites for hydroxylation is 1. The van der Waals surface area contributed by atoms with Crippen LogP contribution in [-0.4, -0.2) is 6.29 Å². The monoisotopic (exact) mass is 191 g/mol. The Morgan fingerprint density at radius 3 is 2.92 bits per heavy atom. The number of carbonyl (C=O) groups is 1. The Labute approximate surface area is 82.6 Å². The molecule has 0 aliphatic heterocycles. The summed E-state index contributed by atoms with van der Waals surface area (Å²) in [7, 11) is 0. The van der Waals surface area contributed by atoms with Gasteiger partial charge in [-0.05, 0) is 18.1 Å². The minimum absolute atomic E-state index is 0.429. The van der Waals surface area contributed by atoms with Crippen molar-refractivity contribution in [2.24, 2.45) is 0 Å². The van der Waals surface area contributed by atoms with Gasteiger partial charge in [0.05, 0.1) is 6.07 Å². The first-order chi connectivity index (χ1) is 6.29. The molecule has 0 aliphatic rings. The molecular formula is C10H9NOS. The molecule has 0 aliphatic carbocycles. The molecule has 1 aromatic carbocycles. The highest BCUT2D eigenvalue weighted by Gasteiger charge is 2.03. The van der Waals surface area contributed by atoms with Crippen LogP contribution >= 0.6 is 12.6 Å². The van der Waals surface area contributed by atoms with Crippen LogP contribution in [0.15, 0.2) is 23.1 Å². The Morgan fingerprint density at radius 2 is 2.31 bits per heavy atom. The van der Waals surface area contributed by atoms with E-state index in [1.54, 1.807) is 6.07 Å². The van der Waals surface area contributed by atoms with Crippen LogP contribution in [-0.2, 0) is 6.42 Å². The number of thiol groups is 1. The van der Waals surface area contributed by atoms with Gasteiger partial charge in [0.2, 0.25) is 0 Å². The van der Waals surface area contributed by atoms with Crippen LogP contribution in [0.2, 0.25) is 0 Å². The second-order valence-electron chi connectivity index (χ2n) is 2.63. The number of hydrogen-bond donors (Lipinski definition) is 1. The van der Waals surface area contributed by atoms with Gasteiger partial charge in [-0.15, -0.1) is 12.6 Å². The molecule has 2 nitrogen and oxygen atoms in total. The van der Waals surface area contributed by atoms with E-state index >= 15 is 0 Å². The molecule has 0 spiro atoms. The van der Waals surface area contributed by atoms with Gasteiger partial charge in [-0.2, -0.15) is 5.26 Å². The largest absolute Gasteiger partial charge is 0.298 e. The molecule has 3 heteroatoms. The number of benzene rings is 1. The lowest BCUT2D eigenvalue weighted by Crippen LogP contribution is -1.93. The second kappa shape index (κ2) is 4.68. The summed E-state index contributed by atoms with van der Waals surface area (Å²) in [6, 6.07) is 7.50. The van der Waals surface area contributed by atoms with E-state index in [-0.39, 0.29) is 0 Å². The van der Waals surface area contributed by atoms with Gasteiger partial charge >= 0.3 is 0 Å². The van der Waals surface area contributed by atoms with Gasteiger partial charge < -0.3 is 0 Å². The maximum atomic E-state index is 10.7. The number of aldehydes is 1. The van der Waals surface area contributed by atoms with Gasteiger partial charge in [-0.1, -0.05) is 12.1 Å². The fourth-order valence-corrected chi connectivity index (χ4v) is 1.43. The molecule has 0 N–H and O–H groups in total. The van der Waals surface area contributed by atoms with E-state index in [0.717, 1.165) is 11.8 Å². The van der Waals surface area contributed by atoms with Gasteiger partial charge in [-0.3, -0.25) is 4.79 Å². The van der Waals surface area contributed by atoms with E-state index in [4.69, 9.17) is 5.26 Å². The van der Waals surface area contributed by atoms with Gasteiger partial charge in [0.25, 0.3) is 0 Å². The average Bonchev–Trinajstić information content (AvgIpc) is 2.15. The minimum Gasteiger partial charge on any atom is -0.298 e. The molecule has 1 rings (SSSR count). The summed E-state index contributed by atoms with van der Waals surface area (Å²) in [6.07, 6.45) is 1.83. The molecule has 0 saturated carbocycles. The van der Waals surface area contributed by atoms with Crippen molar-refractivity contribution < 1.29 is 4.79 Å². The molecule has 0 heterocycles. The van der Waals surface area contributed by atoms with Crippen LogP contribution in [0.1, 0.15) is 22.3 Å². The summed E-state index contributed by atoms with van der Waals surface area (Å²) < 4.78 is 0. The third-order valence-corrected chi connectivity index (χ3v) is 2.19. The molecule has 0 fully saturated rings. The van der Waals surface area contributed by atoms with Crippen molar-refractivity contribution in [2.45, 2.75) is 17.7 Å². The molecule has 13 heavy (non-hydrogen) atoms. The Morgan fingerprint density at radius 1 is 1.54 bits per heavy atom. The summed E-state index contributed by atoms with van der Waals surface area (Å²) in [5.74, 6) is 0. The first-order valence-corrected chi connectivity index (χ1v) is 4.37. The van der Waals surface area contributed by atoms with Gasteiger partial charge in [0, 0.05) is 16.9 Å². The Balaban J connectivity index is 2.99. The van der Waals surface area contributed by atoms with Crippen LogP contribution < -0.4 is 0 Å². The van der Waals surface area contributed by atoms with Gasteiger partial charge in [0.15, 0.2) is 6.29 Å². The molecule has 66 valence electrons. The Hall–Kier alpha value is -1.27. The fourth-order valence-electron chi connectivity index (χ4n) is 1.14. The highest BCUT2D eigenvalue weighted by molar-refractivity contribution is 7.80. The van der Waals surface area contributed by atoms with Crippen LogP contribution in [0.25, 0.3) is 0 Å². The first-order valence-electron chi connectivity index (χ1n) is 3.92. The molecule has 0 saturated heterocycles. The van der Waals surface area contributed by atoms with E-state index in [1.807, 2.05) is 18.2 Å². The molecule has 0 unspecified atom stereocenters. The summed E-state index contributed by atoms with van der Waals surface area (Å²) in [5, 5.41) is 8.40. The maximum absolute atomic E-state index is 10.7. The lowest BCUT2D eigenvalue weighted by molar-refractivity contribution is 0.112. The summed E-state index contributed by atoms with van der Waals surface area (Å²) in [6.45, 7) is 0. The Bertz CT molecular complexity index is 354. The zero-order valence-electron chi connectivity index (χ0n) is 7.03. The molecule has 0 aromatic heterocycles. The van der Waals surface area contributed by atoms with E-state index in [1.165, 1.54) is 0 Å². The zero-order chi connectivity index (χ0) is 9.68. The Kier molecular flexibility index (Phi) is 3.53. The maximum Gasteiger partial charge on any atom is 0.151 e. The molecule has 0 radical (unpaired) electrons. The van der Waals surface area contributed by atoms with Crippen molar-refractivity contribution in [3.8, 4) is 6.07 Å². The highest BCUT2D eigenvalue weighted by atomic mass is 32.1. The third-order valence-electron chi connectivity index (χ3n) is 1.80. The lowest BCUT2D eigenvalue weighted by Gasteiger charge is -2.03. The van der Waals surface area contributed by atoms with Crippen molar-refractivity contribution in [2.75, 3.05) is 0 Å². The third kappa shape index (κ3) is 2.33. The summed E-state index contributed by atoms with van der Waals surface area (Å²) in [5.41, 5.74) is 1.49. The SMILES string of the molecule is N#CCCc1cccc(S)c1C=O. The fraction of sp³-hybridized carbons (Fsp3) is 0.200. The highest BCUT2D eigenvalue weighted by Crippen LogP contribution is 2.17. The number of nitriles is 1. The smallest absolute Gasteiger partial charge is 0.151 e. The minimum atomic E-state index is 0.429. The second-order valence-corrected chi connectivity index (χ2v) is 3.11. The van der Waals surface area contributed by atoms with Crippen molar-refractivity contribution in [3.05, 3.63) is 29.3 Å². The van der Waals surface area contributed by atoms with E-state index in [2.05, 4.69) is 12.6 Å². The predicted octanol–water partition coefficient (Wildman–Crippen LogP) is 2.24. The molecule has 0 bridgehead atoms. The molecule has 1 aromatic rings. The summed E-state index contributed by atoms with van der Waals surface area (Å²) >= 11 is 4.16. The zero-order valence-corrected chi connectivity index (χ0v) is 7.92. The molecule has 0 atom stereocenters. The quantitative estimate of drug-likeness (QED) is 0.588. The normalized spacial score (nSPS) is 9.23. The number of nitrogens with zero attached hydrogens (tertiary/aromatic N) is 1. The topological polar surface area (TPSA) is 40.9 Å². The van der Waals surface area contributed by atoms with Crippen molar-refractivity contribution in [3.63, 3.8) is 0 Å². The number of hydrogen-bond acceptors (Lipinski definition) is 3. The lowest BCUT2D eigenvalue weighted by atomic mass is 10.0. The predicted molar refractivity (Wildman–Crippen MR) is 53.0 cm³/mol. The van der Waals surface area contributed by atoms with Gasteiger partial charge in [0.1, 0.15) is 0 Å². The van der Waals surface area contributed by atoms with Crippen LogP contribution in [0.5, 0.6) is 0 Å². The van der Waals surface area contributed by atoms with E-state index in [0.29, 0.717) is 23.3 Å². The average molecular weight is 191 g/mol. The first kappa shape index (κ1) is 9.82. The van der Waals surface area contributed by atoms with Crippen molar-refractivity contribution >= 4 is 18.9 Å². The molecular weight excluding hydrogens is 182 g/mol. The molecule has 0 amide bonds. The van der Waals surface area contributed by atoms with Crippen LogP contribution in [0, 0.1) is 11.3 Å². The number of carbonyl (C=O) groups excluding carboxylic acids is 1. The van der Waals surface area contributed by atoms with Crippen LogP contribution in [0.3, 0.4) is 0 Å². The van der Waals surface area contributed by atoms with Gasteiger partial charge in [-0.25, -0.2) is 0 Å². The number of rotatable bonds is 3.